The van der Waals surface area contributed by atoms with Gasteiger partial charge in [0.05, 0.1) is 28.0 Å². The van der Waals surface area contributed by atoms with Crippen molar-refractivity contribution in [1.82, 2.24) is 9.13 Å². The Morgan fingerprint density at radius 2 is 1.61 bits per heavy atom. The molecule has 2 N–H and O–H groups in total. The summed E-state index contributed by atoms with van der Waals surface area (Å²) >= 11 is 0. The van der Waals surface area contributed by atoms with Crippen LogP contribution in [0.5, 0.6) is 0 Å². The van der Waals surface area contributed by atoms with Gasteiger partial charge in [-0.25, -0.2) is 9.59 Å². The summed E-state index contributed by atoms with van der Waals surface area (Å²) in [6.45, 7) is 6.42. The number of nitrogens with one attached hydrogen (secondary N) is 2. The van der Waals surface area contributed by atoms with Crippen LogP contribution in [0.25, 0.3) is 11.0 Å². The van der Waals surface area contributed by atoms with Gasteiger partial charge in [-0.3, -0.25) is 9.13 Å². The zero-order valence-corrected chi connectivity index (χ0v) is 18.5. The number of anilines is 3. The van der Waals surface area contributed by atoms with Crippen LogP contribution in [-0.4, -0.2) is 28.3 Å². The zero-order chi connectivity index (χ0) is 23.8. The van der Waals surface area contributed by atoms with Gasteiger partial charge in [-0.1, -0.05) is 6.07 Å². The molecule has 0 radical (unpaired) electrons. The fraction of sp³-hybridized carbons (Fsp3) is 0.391. The van der Waals surface area contributed by atoms with Gasteiger partial charge in [0.25, 0.3) is 0 Å². The molecule has 4 rings (SSSR count). The van der Waals surface area contributed by atoms with Crippen molar-refractivity contribution in [3.05, 3.63) is 52.4 Å². The van der Waals surface area contributed by atoms with Gasteiger partial charge in [0, 0.05) is 31.9 Å². The first kappa shape index (κ1) is 22.8. The second-order valence-electron chi connectivity index (χ2n) is 7.98. The molecule has 1 saturated heterocycles. The number of rotatable bonds is 5. The number of amides is 2. The third-order valence-electron chi connectivity index (χ3n) is 5.91. The van der Waals surface area contributed by atoms with Gasteiger partial charge in [-0.15, -0.1) is 0 Å². The normalized spacial score (nSPS) is 14.2. The number of hydrogen-bond acceptors (Lipinski definition) is 3. The van der Waals surface area contributed by atoms with Crippen molar-refractivity contribution < 1.29 is 18.0 Å². The molecule has 2 amide bonds. The van der Waals surface area contributed by atoms with E-state index in [1.54, 1.807) is 15.2 Å². The lowest BCUT2D eigenvalue weighted by molar-refractivity contribution is -0.137. The largest absolute Gasteiger partial charge is 0.416 e. The summed E-state index contributed by atoms with van der Waals surface area (Å²) in [6, 6.07) is 7.51. The average Bonchev–Trinajstić information content (AvgIpc) is 3.38. The van der Waals surface area contributed by atoms with Crippen molar-refractivity contribution in [3.63, 3.8) is 0 Å². The van der Waals surface area contributed by atoms with Crippen LogP contribution in [0, 0.1) is 0 Å². The molecule has 2 aromatic carbocycles. The number of hydrogen-bond donors (Lipinski definition) is 2. The van der Waals surface area contributed by atoms with Crippen molar-refractivity contribution in [3.8, 4) is 0 Å². The maximum absolute atomic E-state index is 13.0. The molecule has 33 heavy (non-hydrogen) atoms. The predicted octanol–water partition coefficient (Wildman–Crippen LogP) is 5.11. The molecule has 0 atom stereocenters. The zero-order valence-electron chi connectivity index (χ0n) is 18.5. The van der Waals surface area contributed by atoms with Gasteiger partial charge in [0.2, 0.25) is 0 Å². The number of fused-ring (bicyclic) bond motifs is 1. The maximum Gasteiger partial charge on any atom is 0.416 e. The van der Waals surface area contributed by atoms with Crippen molar-refractivity contribution >= 4 is 34.1 Å². The predicted molar refractivity (Wildman–Crippen MR) is 123 cm³/mol. The average molecular weight is 461 g/mol. The van der Waals surface area contributed by atoms with E-state index in [9.17, 15) is 22.8 Å². The standard InChI is InChI=1S/C23H26F3N5O2/c1-3-30-19-13-17(28-21(32)27-16-9-7-8-15(12-16)23(24,25)26)18(29-10-5-6-11-29)14-20(19)31(4-2)22(30)33/h7-9,12-14H,3-6,10-11H2,1-2H3,(H2,27,28,32). The van der Waals surface area contributed by atoms with Crippen LogP contribution < -0.4 is 21.2 Å². The Kier molecular flexibility index (Phi) is 6.09. The summed E-state index contributed by atoms with van der Waals surface area (Å²) < 4.78 is 42.3. The van der Waals surface area contributed by atoms with Gasteiger partial charge in [0.1, 0.15) is 0 Å². The lowest BCUT2D eigenvalue weighted by Gasteiger charge is -2.22. The summed E-state index contributed by atoms with van der Waals surface area (Å²) in [5.41, 5.74) is 1.85. The van der Waals surface area contributed by atoms with Gasteiger partial charge < -0.3 is 15.5 Å². The molecular formula is C23H26F3N5O2. The molecule has 3 aromatic rings. The van der Waals surface area contributed by atoms with E-state index in [1.807, 2.05) is 19.9 Å². The molecule has 1 aliphatic rings. The van der Waals surface area contributed by atoms with E-state index < -0.39 is 17.8 Å². The monoisotopic (exact) mass is 461 g/mol. The molecular weight excluding hydrogens is 435 g/mol. The molecule has 0 bridgehead atoms. The van der Waals surface area contributed by atoms with Crippen LogP contribution in [-0.2, 0) is 19.3 Å². The Balaban J connectivity index is 1.71. The lowest BCUT2D eigenvalue weighted by atomic mass is 10.2. The van der Waals surface area contributed by atoms with Crippen LogP contribution in [0.3, 0.4) is 0 Å². The first-order chi connectivity index (χ1) is 15.7. The molecule has 0 spiro atoms. The van der Waals surface area contributed by atoms with Crippen molar-refractivity contribution in [2.24, 2.45) is 0 Å². The first-order valence-corrected chi connectivity index (χ1v) is 11.0. The highest BCUT2D eigenvalue weighted by molar-refractivity contribution is 6.04. The second-order valence-corrected chi connectivity index (χ2v) is 7.98. The maximum atomic E-state index is 13.0. The van der Waals surface area contributed by atoms with Crippen molar-refractivity contribution in [2.45, 2.75) is 46.0 Å². The highest BCUT2D eigenvalue weighted by Gasteiger charge is 2.30. The van der Waals surface area contributed by atoms with Crippen LogP contribution >= 0.6 is 0 Å². The minimum Gasteiger partial charge on any atom is -0.370 e. The summed E-state index contributed by atoms with van der Waals surface area (Å²) in [4.78, 5) is 27.7. The van der Waals surface area contributed by atoms with E-state index in [0.29, 0.717) is 24.3 Å². The molecule has 7 nitrogen and oxygen atoms in total. The number of alkyl halides is 3. The van der Waals surface area contributed by atoms with E-state index in [4.69, 9.17) is 0 Å². The first-order valence-electron chi connectivity index (χ1n) is 11.0. The van der Waals surface area contributed by atoms with E-state index in [-0.39, 0.29) is 11.4 Å². The molecule has 0 unspecified atom stereocenters. The molecule has 0 saturated carbocycles. The van der Waals surface area contributed by atoms with Crippen LogP contribution in [0.2, 0.25) is 0 Å². The number of aryl methyl sites for hydroxylation is 2. The van der Waals surface area contributed by atoms with Crippen LogP contribution in [0.4, 0.5) is 35.0 Å². The van der Waals surface area contributed by atoms with Crippen LogP contribution in [0.1, 0.15) is 32.3 Å². The summed E-state index contributed by atoms with van der Waals surface area (Å²) in [7, 11) is 0. The molecule has 176 valence electrons. The van der Waals surface area contributed by atoms with E-state index in [0.717, 1.165) is 49.3 Å². The molecule has 2 heterocycles. The van der Waals surface area contributed by atoms with Crippen molar-refractivity contribution in [1.29, 1.82) is 0 Å². The van der Waals surface area contributed by atoms with Gasteiger partial charge in [-0.05, 0) is 57.0 Å². The number of nitrogens with zero attached hydrogens (tertiary/aromatic N) is 3. The number of urea groups is 1. The Morgan fingerprint density at radius 3 is 2.21 bits per heavy atom. The molecule has 0 aliphatic carbocycles. The van der Waals surface area contributed by atoms with Gasteiger partial charge in [-0.2, -0.15) is 13.2 Å². The highest BCUT2D eigenvalue weighted by Crippen LogP contribution is 2.34. The Hall–Kier alpha value is -3.43. The van der Waals surface area contributed by atoms with Crippen LogP contribution in [0.15, 0.2) is 41.2 Å². The fourth-order valence-corrected chi connectivity index (χ4v) is 4.34. The second kappa shape index (κ2) is 8.84. The minimum absolute atomic E-state index is 0.0359. The number of imidazole rings is 1. The number of halogens is 3. The third kappa shape index (κ3) is 4.42. The number of benzene rings is 2. The van der Waals surface area contributed by atoms with Crippen molar-refractivity contribution in [2.75, 3.05) is 28.6 Å². The molecule has 10 heteroatoms. The molecule has 1 aliphatic heterocycles. The molecule has 1 aromatic heterocycles. The highest BCUT2D eigenvalue weighted by atomic mass is 19.4. The number of carbonyl (C=O) groups is 1. The lowest BCUT2D eigenvalue weighted by Crippen LogP contribution is -2.24. The number of aromatic nitrogens is 2. The summed E-state index contributed by atoms with van der Waals surface area (Å²) in [6.07, 6.45) is -2.46. The van der Waals surface area contributed by atoms with Gasteiger partial charge >= 0.3 is 17.9 Å². The SMILES string of the molecule is CCn1c(=O)n(CC)c2cc(N3CCCC3)c(NC(=O)Nc3cccc(C(F)(F)F)c3)cc21. The quantitative estimate of drug-likeness (QED) is 0.555. The topological polar surface area (TPSA) is 71.3 Å². The van der Waals surface area contributed by atoms with E-state index >= 15 is 0 Å². The summed E-state index contributed by atoms with van der Waals surface area (Å²) in [5, 5.41) is 5.27. The van der Waals surface area contributed by atoms with E-state index in [1.165, 1.54) is 12.1 Å². The Morgan fingerprint density at radius 1 is 0.970 bits per heavy atom. The molecule has 1 fully saturated rings. The number of carbonyl (C=O) groups excluding carboxylic acids is 1. The summed E-state index contributed by atoms with van der Waals surface area (Å²) in [5.74, 6) is 0. The fourth-order valence-electron chi connectivity index (χ4n) is 4.34. The Bertz CT molecular complexity index is 1240. The van der Waals surface area contributed by atoms with E-state index in [2.05, 4.69) is 15.5 Å². The smallest absolute Gasteiger partial charge is 0.370 e. The Labute approximate surface area is 188 Å². The third-order valence-corrected chi connectivity index (χ3v) is 5.91. The van der Waals surface area contributed by atoms with Gasteiger partial charge in [0.15, 0.2) is 0 Å². The minimum atomic E-state index is -4.50.